The van der Waals surface area contributed by atoms with Crippen molar-refractivity contribution in [3.8, 4) is 23.0 Å². The molecule has 1 atom stereocenters. The minimum absolute atomic E-state index is 0.295. The number of aryl methyl sites for hydroxylation is 1. The highest BCUT2D eigenvalue weighted by Crippen LogP contribution is 2.42. The highest BCUT2D eigenvalue weighted by atomic mass is 16.5. The molecule has 2 N–H and O–H groups in total. The van der Waals surface area contributed by atoms with Crippen molar-refractivity contribution in [2.24, 2.45) is 10.7 Å². The Balaban J connectivity index is 1.66. The van der Waals surface area contributed by atoms with Gasteiger partial charge in [-0.2, -0.15) is 0 Å². The van der Waals surface area contributed by atoms with Crippen molar-refractivity contribution in [2.45, 2.75) is 25.6 Å². The minimum Gasteiger partial charge on any atom is -0.493 e. The third-order valence-corrected chi connectivity index (χ3v) is 5.87. The Morgan fingerprint density at radius 2 is 1.75 bits per heavy atom. The van der Waals surface area contributed by atoms with Gasteiger partial charge in [-0.25, -0.2) is 0 Å². The molecule has 172 valence electrons. The number of rotatable bonds is 8. The molecule has 1 saturated heterocycles. The summed E-state index contributed by atoms with van der Waals surface area (Å²) in [4.78, 5) is 6.88. The average molecular weight is 442 g/mol. The van der Waals surface area contributed by atoms with E-state index in [0.29, 0.717) is 37.1 Å². The Hall–Kier alpha value is -2.81. The number of hydrogen-bond donors (Lipinski definition) is 1. The van der Waals surface area contributed by atoms with Crippen LogP contribution in [0.3, 0.4) is 0 Å². The van der Waals surface area contributed by atoms with Gasteiger partial charge in [-0.15, -0.1) is 0 Å². The minimum atomic E-state index is -0.295. The molecule has 0 aromatic heterocycles. The summed E-state index contributed by atoms with van der Waals surface area (Å²) in [5.74, 6) is 2.45. The van der Waals surface area contributed by atoms with Crippen LogP contribution < -0.4 is 24.7 Å². The first-order valence-corrected chi connectivity index (χ1v) is 10.8. The van der Waals surface area contributed by atoms with Crippen LogP contribution in [0.2, 0.25) is 0 Å². The first-order chi connectivity index (χ1) is 15.7. The van der Waals surface area contributed by atoms with Gasteiger partial charge in [0.1, 0.15) is 12.3 Å². The molecular weight excluding hydrogens is 410 g/mol. The third kappa shape index (κ3) is 4.53. The molecule has 1 fully saturated rings. The fraction of sp³-hybridized carbons (Fsp3) is 0.458. The quantitative estimate of drug-likeness (QED) is 0.673. The molecular formula is C24H31N3O5. The maximum Gasteiger partial charge on any atom is 0.203 e. The number of benzene rings is 2. The van der Waals surface area contributed by atoms with E-state index in [1.807, 2.05) is 18.3 Å². The lowest BCUT2D eigenvalue weighted by Gasteiger charge is -2.33. The highest BCUT2D eigenvalue weighted by Gasteiger charge is 2.26. The van der Waals surface area contributed by atoms with E-state index >= 15 is 0 Å². The summed E-state index contributed by atoms with van der Waals surface area (Å²) < 4.78 is 28.3. The summed E-state index contributed by atoms with van der Waals surface area (Å²) in [6.07, 6.45) is 3.51. The van der Waals surface area contributed by atoms with Gasteiger partial charge in [0.2, 0.25) is 5.75 Å². The van der Waals surface area contributed by atoms with Crippen LogP contribution >= 0.6 is 0 Å². The lowest BCUT2D eigenvalue weighted by Crippen LogP contribution is -2.42. The maximum atomic E-state index is 6.68. The summed E-state index contributed by atoms with van der Waals surface area (Å²) in [5, 5.41) is 0. The zero-order chi connectivity index (χ0) is 22.5. The summed E-state index contributed by atoms with van der Waals surface area (Å²) in [7, 11) is 4.79. The summed E-state index contributed by atoms with van der Waals surface area (Å²) >= 11 is 0. The zero-order valence-corrected chi connectivity index (χ0v) is 18.9. The van der Waals surface area contributed by atoms with Crippen molar-refractivity contribution in [3.05, 3.63) is 41.0 Å². The van der Waals surface area contributed by atoms with E-state index in [4.69, 9.17) is 29.4 Å². The molecule has 0 spiro atoms. The number of nitrogens with two attached hydrogens (primary N) is 1. The van der Waals surface area contributed by atoms with E-state index in [0.717, 1.165) is 48.5 Å². The Morgan fingerprint density at radius 1 is 1.03 bits per heavy atom. The first-order valence-electron chi connectivity index (χ1n) is 10.8. The Morgan fingerprint density at radius 3 is 2.41 bits per heavy atom. The fourth-order valence-corrected chi connectivity index (χ4v) is 4.16. The predicted octanol–water partition coefficient (Wildman–Crippen LogP) is 3.23. The molecule has 2 aliphatic rings. The van der Waals surface area contributed by atoms with Gasteiger partial charge in [0, 0.05) is 24.9 Å². The number of hydrogen-bond acceptors (Lipinski definition) is 8. The molecule has 2 heterocycles. The molecule has 0 radical (unpaired) electrons. The molecule has 0 amide bonds. The van der Waals surface area contributed by atoms with Crippen LogP contribution in [0.5, 0.6) is 23.0 Å². The molecule has 2 aromatic carbocycles. The zero-order valence-electron chi connectivity index (χ0n) is 18.9. The topological polar surface area (TPSA) is 87.8 Å². The molecule has 0 saturated carbocycles. The molecule has 8 heteroatoms. The van der Waals surface area contributed by atoms with Crippen LogP contribution in [-0.4, -0.2) is 58.7 Å². The molecule has 2 aromatic rings. The highest BCUT2D eigenvalue weighted by molar-refractivity contribution is 5.74. The standard InChI is InChI=1S/C24H31N3O5/c1-28-19-13-16(14-20(29-2)23(19)30-3)15-32-22-18(24(25)27-9-11-31-12-10-27)7-6-17-5-4-8-26-21(17)22/h6-8,13-14,24H,4-5,9-12,15,25H2,1-3H3. The number of aliphatic imine (C=N–C) groups is 1. The van der Waals surface area contributed by atoms with Crippen molar-refractivity contribution in [3.63, 3.8) is 0 Å². The number of nitrogens with zero attached hydrogens (tertiary/aromatic N) is 2. The molecule has 0 bridgehead atoms. The largest absolute Gasteiger partial charge is 0.493 e. The van der Waals surface area contributed by atoms with Gasteiger partial charge in [0.25, 0.3) is 0 Å². The molecule has 4 rings (SSSR count). The molecule has 0 aliphatic carbocycles. The summed E-state index contributed by atoms with van der Waals surface area (Å²) in [5.41, 5.74) is 10.5. The van der Waals surface area contributed by atoms with E-state index < -0.39 is 0 Å². The summed E-state index contributed by atoms with van der Waals surface area (Å²) in [6.45, 7) is 3.24. The smallest absolute Gasteiger partial charge is 0.203 e. The number of morpholine rings is 1. The van der Waals surface area contributed by atoms with E-state index in [2.05, 4.69) is 22.0 Å². The number of methoxy groups -OCH3 is 3. The Kier molecular flexibility index (Phi) is 7.14. The van der Waals surface area contributed by atoms with Gasteiger partial charge >= 0.3 is 0 Å². The number of fused-ring (bicyclic) bond motifs is 1. The van der Waals surface area contributed by atoms with Crippen molar-refractivity contribution in [2.75, 3.05) is 47.6 Å². The Bertz CT molecular complexity index is 947. The van der Waals surface area contributed by atoms with Gasteiger partial charge in [0.05, 0.1) is 40.7 Å². The second kappa shape index (κ2) is 10.2. The lowest BCUT2D eigenvalue weighted by molar-refractivity contribution is 0.0167. The monoisotopic (exact) mass is 441 g/mol. The predicted molar refractivity (Wildman–Crippen MR) is 123 cm³/mol. The maximum absolute atomic E-state index is 6.68. The van der Waals surface area contributed by atoms with Gasteiger partial charge < -0.3 is 29.4 Å². The second-order valence-corrected chi connectivity index (χ2v) is 7.76. The average Bonchev–Trinajstić information content (AvgIpc) is 2.86. The lowest BCUT2D eigenvalue weighted by atomic mass is 9.99. The van der Waals surface area contributed by atoms with Crippen molar-refractivity contribution in [1.82, 2.24) is 4.90 Å². The normalized spacial score (nSPS) is 16.9. The van der Waals surface area contributed by atoms with E-state index in [1.165, 1.54) is 5.56 Å². The van der Waals surface area contributed by atoms with E-state index in [1.54, 1.807) is 21.3 Å². The second-order valence-electron chi connectivity index (χ2n) is 7.76. The number of ether oxygens (including phenoxy) is 5. The van der Waals surface area contributed by atoms with Crippen LogP contribution in [0, 0.1) is 0 Å². The van der Waals surface area contributed by atoms with Crippen molar-refractivity contribution < 1.29 is 23.7 Å². The van der Waals surface area contributed by atoms with Crippen LogP contribution in [0.25, 0.3) is 0 Å². The summed E-state index contributed by atoms with van der Waals surface area (Å²) in [6, 6.07) is 7.97. The van der Waals surface area contributed by atoms with Crippen LogP contribution in [0.15, 0.2) is 29.3 Å². The van der Waals surface area contributed by atoms with Gasteiger partial charge in [-0.05, 0) is 36.1 Å². The van der Waals surface area contributed by atoms with Crippen LogP contribution in [-0.2, 0) is 17.8 Å². The van der Waals surface area contributed by atoms with Crippen molar-refractivity contribution >= 4 is 11.9 Å². The van der Waals surface area contributed by atoms with Crippen molar-refractivity contribution in [1.29, 1.82) is 0 Å². The van der Waals surface area contributed by atoms with Gasteiger partial charge in [0.15, 0.2) is 17.2 Å². The van der Waals surface area contributed by atoms with Crippen LogP contribution in [0.4, 0.5) is 5.69 Å². The molecule has 8 nitrogen and oxygen atoms in total. The van der Waals surface area contributed by atoms with Gasteiger partial charge in [-0.1, -0.05) is 12.1 Å². The molecule has 32 heavy (non-hydrogen) atoms. The fourth-order valence-electron chi connectivity index (χ4n) is 4.16. The Labute approximate surface area is 188 Å². The SMILES string of the molecule is COc1cc(COc2c(C(N)N3CCOCC3)ccc3c2N=CCC3)cc(OC)c1OC. The molecule has 1 unspecified atom stereocenters. The van der Waals surface area contributed by atoms with Gasteiger partial charge in [-0.3, -0.25) is 9.89 Å². The van der Waals surface area contributed by atoms with E-state index in [-0.39, 0.29) is 6.17 Å². The first kappa shape index (κ1) is 22.4. The molecule has 2 aliphatic heterocycles. The third-order valence-electron chi connectivity index (χ3n) is 5.87. The van der Waals surface area contributed by atoms with Crippen LogP contribution in [0.1, 0.15) is 29.3 Å². The van der Waals surface area contributed by atoms with E-state index in [9.17, 15) is 0 Å².